The quantitative estimate of drug-likeness (QED) is 0.0912. The first-order valence-corrected chi connectivity index (χ1v) is 41.5. The highest BCUT2D eigenvalue weighted by molar-refractivity contribution is 5.86. The summed E-state index contributed by atoms with van der Waals surface area (Å²) in [5.41, 5.74) is 36.6. The van der Waals surface area contributed by atoms with Crippen LogP contribution in [0.4, 0.5) is 13.2 Å². The zero-order valence-corrected chi connectivity index (χ0v) is 72.3. The van der Waals surface area contributed by atoms with Gasteiger partial charge in [-0.3, -0.25) is 0 Å². The molecule has 0 aliphatic carbocycles. The highest BCUT2D eigenvalue weighted by Gasteiger charge is 2.47. The second-order valence-corrected chi connectivity index (χ2v) is 32.7. The molecule has 15 rings (SSSR count). The van der Waals surface area contributed by atoms with E-state index in [2.05, 4.69) is 366 Å². The van der Waals surface area contributed by atoms with Gasteiger partial charge < -0.3 is 0 Å². The second-order valence-electron chi connectivity index (χ2n) is 32.7. The van der Waals surface area contributed by atoms with Gasteiger partial charge in [0.1, 0.15) is 35.2 Å². The van der Waals surface area contributed by atoms with Crippen molar-refractivity contribution >= 4 is 54.5 Å². The Kier molecular flexibility index (Phi) is 27.4. The molecule has 0 N–H and O–H groups in total. The lowest BCUT2D eigenvalue weighted by Gasteiger charge is -2.27. The minimum absolute atomic E-state index is 0.0424. The molecule has 0 radical (unpaired) electrons. The van der Waals surface area contributed by atoms with Crippen LogP contribution in [0.2, 0.25) is 0 Å². The van der Waals surface area contributed by atoms with Crippen molar-refractivity contribution in [2.24, 2.45) is 40.7 Å². The van der Waals surface area contributed by atoms with Crippen LogP contribution in [0, 0.1) is 74.7 Å². The molecule has 5 nitrogen and oxygen atoms in total. The maximum Gasteiger partial charge on any atom is 0.394 e. The van der Waals surface area contributed by atoms with Crippen LogP contribution >= 0.6 is 0 Å². The van der Waals surface area contributed by atoms with Gasteiger partial charge in [-0.15, -0.1) is 0 Å². The molecule has 10 aromatic carbocycles. The summed E-state index contributed by atoms with van der Waals surface area (Å²) in [5.74, 6) is 0. The van der Waals surface area contributed by atoms with E-state index in [-0.39, 0.29) is 6.42 Å². The van der Waals surface area contributed by atoms with Gasteiger partial charge in [0, 0.05) is 115 Å². The van der Waals surface area contributed by atoms with Crippen LogP contribution in [0.3, 0.4) is 0 Å². The zero-order valence-electron chi connectivity index (χ0n) is 72.3. The molecule has 8 heteroatoms. The fourth-order valence-corrected chi connectivity index (χ4v) is 16.7. The predicted octanol–water partition coefficient (Wildman–Crippen LogP) is 25.7. The Morgan fingerprint density at radius 1 is 0.270 bits per heavy atom. The lowest BCUT2D eigenvalue weighted by molar-refractivity contribution is -0.633. The monoisotopic (exact) mass is 1530 g/mol. The Hall–Kier alpha value is -11.0. The molecule has 0 atom stereocenters. The van der Waals surface area contributed by atoms with Gasteiger partial charge in [0.05, 0.1) is 5.41 Å². The fraction of sp³-hybridized carbons (Fsp3) is 0.299. The maximum absolute atomic E-state index is 13.3. The molecule has 0 aliphatic rings. The number of aryl methyl sites for hydroxylation is 17. The predicted molar refractivity (Wildman–Crippen MR) is 480 cm³/mol. The molecular weight excluding hydrogens is 1410 g/mol. The first-order chi connectivity index (χ1) is 55.0. The first kappa shape index (κ1) is 84.9. The molecule has 0 saturated carbocycles. The number of aromatic nitrogens is 5. The summed E-state index contributed by atoms with van der Waals surface area (Å²) in [5, 5.41) is 6.52. The minimum atomic E-state index is -4.23. The van der Waals surface area contributed by atoms with E-state index < -0.39 is 11.6 Å². The van der Waals surface area contributed by atoms with Crippen LogP contribution < -0.4 is 22.8 Å². The molecule has 0 unspecified atom stereocenters. The number of benzene rings is 10. The van der Waals surface area contributed by atoms with Crippen molar-refractivity contribution in [2.45, 2.75) is 175 Å². The Balaban J connectivity index is 0.000000142. The van der Waals surface area contributed by atoms with Gasteiger partial charge in [0.15, 0.2) is 0 Å². The summed E-state index contributed by atoms with van der Waals surface area (Å²) >= 11 is 0. The third-order valence-electron chi connectivity index (χ3n) is 23.6. The maximum atomic E-state index is 13.3. The van der Waals surface area contributed by atoms with Gasteiger partial charge in [-0.1, -0.05) is 199 Å². The second kappa shape index (κ2) is 37.1. The molecule has 0 fully saturated rings. The highest BCUT2D eigenvalue weighted by Crippen LogP contribution is 2.41. The van der Waals surface area contributed by atoms with E-state index >= 15 is 0 Å². The molecule has 5 heterocycles. The van der Waals surface area contributed by atoms with Gasteiger partial charge in [-0.25, -0.2) is 0 Å². The van der Waals surface area contributed by atoms with E-state index in [1.165, 1.54) is 206 Å². The lowest BCUT2D eigenvalue weighted by Crippen LogP contribution is -2.35. The summed E-state index contributed by atoms with van der Waals surface area (Å²) < 4.78 is 51.3. The van der Waals surface area contributed by atoms with Crippen LogP contribution in [0.15, 0.2) is 243 Å². The molecule has 15 aromatic rings. The van der Waals surface area contributed by atoms with E-state index in [0.29, 0.717) is 5.56 Å². The van der Waals surface area contributed by atoms with Crippen LogP contribution in [0.1, 0.15) is 151 Å². The number of alkyl halides is 3. The lowest BCUT2D eigenvalue weighted by atomic mass is 9.85. The van der Waals surface area contributed by atoms with Gasteiger partial charge in [-0.2, -0.15) is 36.0 Å². The largest absolute Gasteiger partial charge is 0.394 e. The van der Waals surface area contributed by atoms with Gasteiger partial charge >= 0.3 is 6.18 Å². The van der Waals surface area contributed by atoms with Crippen molar-refractivity contribution in [1.82, 2.24) is 0 Å². The van der Waals surface area contributed by atoms with Crippen molar-refractivity contribution in [2.75, 3.05) is 0 Å². The summed E-state index contributed by atoms with van der Waals surface area (Å²) in [6.45, 7) is 33.1. The topological polar surface area (TPSA) is 19.4 Å². The average Bonchev–Trinajstić information content (AvgIpc) is 0.785. The molecule has 5 aromatic heterocycles. The number of para-hydroxylation sites is 3. The van der Waals surface area contributed by atoms with Crippen molar-refractivity contribution < 1.29 is 36.0 Å². The van der Waals surface area contributed by atoms with Crippen molar-refractivity contribution in [3.8, 4) is 56.3 Å². The molecule has 0 bridgehead atoms. The number of hydrogen-bond donors (Lipinski definition) is 0. The van der Waals surface area contributed by atoms with Crippen molar-refractivity contribution in [1.29, 1.82) is 0 Å². The molecule has 0 aliphatic heterocycles. The number of nitrogens with zero attached hydrogens (tertiary/aromatic N) is 5. The molecule has 0 spiro atoms. The average molecular weight is 1530 g/mol. The molecule has 0 saturated heterocycles. The Morgan fingerprint density at radius 3 is 1.09 bits per heavy atom. The molecule has 0 amide bonds. The van der Waals surface area contributed by atoms with Crippen LogP contribution in [-0.2, 0) is 67.3 Å². The highest BCUT2D eigenvalue weighted by atomic mass is 19.4. The van der Waals surface area contributed by atoms with E-state index in [1.807, 2.05) is 25.2 Å². The van der Waals surface area contributed by atoms with E-state index in [9.17, 15) is 13.2 Å². The SMILES string of the molecule is CCCc1cc(-c2cc(C)cc(C)c2C)[n+](C)c2ccccc12.CCCc1cc(-c2cc(C)ccc2C)[n+](C)c2ccccc12.CCCc1cc(-c2ccccc2C)[n+](C)c2ccccc12.CCCc1cccc2c1ccc(-c1ccccc1C)[n+]2C.Cc1cc(C)c(C)c(-c2ccc3ccc(CC(C)(C)C(F)(F)F)cc3[n+]2C)c1. The Labute approximate surface area is 684 Å². The van der Waals surface area contributed by atoms with Crippen molar-refractivity contribution in [3.63, 3.8) is 0 Å². The van der Waals surface area contributed by atoms with Crippen LogP contribution in [-0.4, -0.2) is 6.18 Å². The summed E-state index contributed by atoms with van der Waals surface area (Å²) in [4.78, 5) is 0. The number of rotatable bonds is 15. The van der Waals surface area contributed by atoms with Gasteiger partial charge in [0.2, 0.25) is 56.1 Å². The fourth-order valence-electron chi connectivity index (χ4n) is 16.7. The Morgan fingerprint density at radius 2 is 0.617 bits per heavy atom. The van der Waals surface area contributed by atoms with Crippen molar-refractivity contribution in [3.05, 3.63) is 326 Å². The van der Waals surface area contributed by atoms with E-state index in [4.69, 9.17) is 0 Å². The number of pyridine rings is 5. The van der Waals surface area contributed by atoms with Crippen LogP contribution in [0.5, 0.6) is 0 Å². The third kappa shape index (κ3) is 18.9. The van der Waals surface area contributed by atoms with Gasteiger partial charge in [0.25, 0.3) is 0 Å². The normalized spacial score (nSPS) is 11.4. The van der Waals surface area contributed by atoms with E-state index in [1.54, 1.807) is 6.07 Å². The number of fused-ring (bicyclic) bond motifs is 5. The molecule has 590 valence electrons. The van der Waals surface area contributed by atoms with E-state index in [0.717, 1.165) is 47.8 Å². The first-order valence-electron chi connectivity index (χ1n) is 41.5. The number of halogens is 3. The van der Waals surface area contributed by atoms with Gasteiger partial charge in [-0.05, 0) is 235 Å². The van der Waals surface area contributed by atoms with Crippen LogP contribution in [0.25, 0.3) is 111 Å². The molecular formula is C107H121F3N5+5. The Bertz CT molecular complexity index is 6020. The standard InChI is InChI=1S/C24H27F3N.C22H26N.C21H24N.2C20H22N/c1-15-11-16(2)17(3)20(12-15)21-10-9-19-8-7-18(13-22(19)28(21)6)14-23(4,5)24(25,26)27;1-6-9-18-14-22(20-13-15(2)12-16(3)17(20)4)23(5)21-11-8-7-10-19(18)21;1-5-8-17-14-21(19-13-15(2)11-12-16(19)3)22(4)20-10-7-6-9-18(17)20;1-4-9-16-14-20(17-11-6-5-10-15(17)2)21(3)19-13-8-7-12-18(16)19;1-4-8-16-10-7-12-19-18(16)13-14-20(21(19)3)17-11-6-5-9-15(17)2/h7-13H,14H2,1-6H3;7-8,10-14H,6,9H2,1-5H3;6-7,9-14H,5,8H2,1-4H3;5-8,10-14H,4,9H2,1-3H3;5-7,9-14H,4,8H2,1-3H3/q5*+1. The number of hydrogen-bond acceptors (Lipinski definition) is 0. The molecule has 115 heavy (non-hydrogen) atoms. The summed E-state index contributed by atoms with van der Waals surface area (Å²) in [7, 11) is 10.7. The third-order valence-corrected chi connectivity index (χ3v) is 23.6. The summed E-state index contributed by atoms with van der Waals surface area (Å²) in [6.07, 6.45) is 4.93. The summed E-state index contributed by atoms with van der Waals surface area (Å²) in [6, 6.07) is 87.1. The minimum Gasteiger partial charge on any atom is -0.194 e. The smallest absolute Gasteiger partial charge is 0.194 e. The zero-order chi connectivity index (χ0) is 82.7.